The van der Waals surface area contributed by atoms with Gasteiger partial charge in [0.2, 0.25) is 0 Å². The molecule has 66 valence electrons. The topological polar surface area (TPSA) is 12.9 Å². The molecule has 2 atom stereocenters. The fourth-order valence-corrected chi connectivity index (χ4v) is 1.11. The number of hydrogen-bond donors (Lipinski definition) is 0. The number of alkyl halides is 1. The predicted molar refractivity (Wildman–Crippen MR) is 52.7 cm³/mol. The molecule has 0 spiro atoms. The number of aromatic nitrogens is 1. The molecule has 1 nitrogen and oxygen atoms in total. The van der Waals surface area contributed by atoms with Crippen LogP contribution in [0.1, 0.15) is 31.0 Å². The van der Waals surface area contributed by atoms with Crippen LogP contribution >= 0.6 is 11.6 Å². The zero-order valence-electron chi connectivity index (χ0n) is 7.71. The van der Waals surface area contributed by atoms with Gasteiger partial charge in [-0.3, -0.25) is 4.98 Å². The number of hydrogen-bond acceptors (Lipinski definition) is 1. The minimum Gasteiger partial charge on any atom is -0.261 e. The highest BCUT2D eigenvalue weighted by atomic mass is 35.5. The molecule has 0 bridgehead atoms. The molecule has 12 heavy (non-hydrogen) atoms. The fraction of sp³-hybridized carbons (Fsp3) is 0.500. The van der Waals surface area contributed by atoms with Crippen LogP contribution in [0.15, 0.2) is 18.3 Å². The van der Waals surface area contributed by atoms with Gasteiger partial charge in [0, 0.05) is 23.2 Å². The largest absolute Gasteiger partial charge is 0.261 e. The molecule has 0 amide bonds. The monoisotopic (exact) mass is 183 g/mol. The lowest BCUT2D eigenvalue weighted by Crippen LogP contribution is -2.06. The van der Waals surface area contributed by atoms with Crippen LogP contribution in [0.4, 0.5) is 0 Å². The van der Waals surface area contributed by atoms with Gasteiger partial charge in [-0.25, -0.2) is 0 Å². The minimum atomic E-state index is 0.139. The molecule has 1 aromatic rings. The van der Waals surface area contributed by atoms with Crippen molar-refractivity contribution in [2.45, 2.75) is 32.1 Å². The molecule has 1 heterocycles. The lowest BCUT2D eigenvalue weighted by Gasteiger charge is -2.12. The van der Waals surface area contributed by atoms with Gasteiger partial charge < -0.3 is 0 Å². The first kappa shape index (κ1) is 9.53. The summed E-state index contributed by atoms with van der Waals surface area (Å²) in [5.74, 6) is 0.326. The summed E-state index contributed by atoms with van der Waals surface area (Å²) in [6.07, 6.45) is 1.88. The van der Waals surface area contributed by atoms with Gasteiger partial charge in [0.05, 0.1) is 0 Å². The maximum Gasteiger partial charge on any atom is 0.0446 e. The molecule has 1 rings (SSSR count). The van der Waals surface area contributed by atoms with E-state index in [0.717, 1.165) is 5.69 Å². The predicted octanol–water partition coefficient (Wildman–Crippen LogP) is 3.12. The highest BCUT2D eigenvalue weighted by Crippen LogP contribution is 2.20. The molecule has 2 heteroatoms. The van der Waals surface area contributed by atoms with E-state index in [2.05, 4.69) is 18.0 Å². The van der Waals surface area contributed by atoms with Crippen LogP contribution in [0.3, 0.4) is 0 Å². The summed E-state index contributed by atoms with van der Waals surface area (Å²) < 4.78 is 0. The van der Waals surface area contributed by atoms with Crippen molar-refractivity contribution >= 4 is 11.6 Å². The van der Waals surface area contributed by atoms with Gasteiger partial charge in [0.1, 0.15) is 0 Å². The third-order valence-electron chi connectivity index (χ3n) is 2.09. The van der Waals surface area contributed by atoms with Crippen LogP contribution in [-0.4, -0.2) is 10.4 Å². The number of halogens is 1. The van der Waals surface area contributed by atoms with E-state index in [0.29, 0.717) is 5.92 Å². The van der Waals surface area contributed by atoms with Crippen molar-refractivity contribution in [3.8, 4) is 0 Å². The first-order valence-corrected chi connectivity index (χ1v) is 4.61. The van der Waals surface area contributed by atoms with Crippen molar-refractivity contribution in [1.82, 2.24) is 4.98 Å². The third kappa shape index (κ3) is 2.21. The van der Waals surface area contributed by atoms with Gasteiger partial charge >= 0.3 is 0 Å². The quantitative estimate of drug-likeness (QED) is 0.642. The van der Waals surface area contributed by atoms with Gasteiger partial charge in [-0.15, -0.1) is 11.6 Å². The van der Waals surface area contributed by atoms with Crippen LogP contribution in [-0.2, 0) is 0 Å². The molecule has 0 aromatic carbocycles. The first-order valence-electron chi connectivity index (χ1n) is 4.18. The summed E-state index contributed by atoms with van der Waals surface area (Å²) in [7, 11) is 0. The molecular formula is C10H14ClN. The Balaban J connectivity index is 2.82. The van der Waals surface area contributed by atoms with Crippen LogP contribution < -0.4 is 0 Å². The number of pyridine rings is 1. The Morgan fingerprint density at radius 1 is 1.33 bits per heavy atom. The van der Waals surface area contributed by atoms with Gasteiger partial charge in [-0.05, 0) is 25.5 Å². The Morgan fingerprint density at radius 3 is 2.42 bits per heavy atom. The highest BCUT2D eigenvalue weighted by Gasteiger charge is 2.11. The van der Waals surface area contributed by atoms with Crippen molar-refractivity contribution < 1.29 is 0 Å². The lowest BCUT2D eigenvalue weighted by atomic mass is 10.0. The van der Waals surface area contributed by atoms with Crippen LogP contribution in [0.2, 0.25) is 0 Å². The minimum absolute atomic E-state index is 0.139. The van der Waals surface area contributed by atoms with E-state index in [1.807, 2.05) is 26.1 Å². The molecule has 0 aliphatic carbocycles. The SMILES string of the molecule is Cc1ccc(C(C)C(C)Cl)nc1. The second-order valence-electron chi connectivity index (χ2n) is 3.23. The van der Waals surface area contributed by atoms with E-state index in [1.165, 1.54) is 5.56 Å². The molecule has 1 aromatic heterocycles. The molecule has 0 aliphatic rings. The van der Waals surface area contributed by atoms with E-state index >= 15 is 0 Å². The van der Waals surface area contributed by atoms with Crippen LogP contribution in [0.25, 0.3) is 0 Å². The second-order valence-corrected chi connectivity index (χ2v) is 3.92. The molecule has 0 fully saturated rings. The van der Waals surface area contributed by atoms with E-state index in [1.54, 1.807) is 0 Å². The van der Waals surface area contributed by atoms with E-state index in [9.17, 15) is 0 Å². The van der Waals surface area contributed by atoms with Gasteiger partial charge in [0.25, 0.3) is 0 Å². The zero-order valence-corrected chi connectivity index (χ0v) is 8.47. The molecule has 0 saturated carbocycles. The highest BCUT2D eigenvalue weighted by molar-refractivity contribution is 6.20. The molecular weight excluding hydrogens is 170 g/mol. The maximum absolute atomic E-state index is 5.96. The molecule has 0 aliphatic heterocycles. The standard InChI is InChI=1S/C10H14ClN/c1-7-4-5-10(12-6-7)8(2)9(3)11/h4-6,8-9H,1-3H3. The third-order valence-corrected chi connectivity index (χ3v) is 2.47. The van der Waals surface area contributed by atoms with Crippen molar-refractivity contribution in [3.63, 3.8) is 0 Å². The number of nitrogens with zero attached hydrogens (tertiary/aromatic N) is 1. The Bertz CT molecular complexity index is 241. The van der Waals surface area contributed by atoms with Gasteiger partial charge in [-0.2, -0.15) is 0 Å². The van der Waals surface area contributed by atoms with Crippen molar-refractivity contribution in [3.05, 3.63) is 29.6 Å². The zero-order chi connectivity index (χ0) is 9.14. The number of aryl methyl sites for hydroxylation is 1. The normalized spacial score (nSPS) is 15.7. The maximum atomic E-state index is 5.96. The molecule has 0 radical (unpaired) electrons. The average molecular weight is 184 g/mol. The summed E-state index contributed by atoms with van der Waals surface area (Å²) in [5, 5.41) is 0.139. The summed E-state index contributed by atoms with van der Waals surface area (Å²) in [5.41, 5.74) is 2.26. The average Bonchev–Trinajstić information content (AvgIpc) is 2.04. The second kappa shape index (κ2) is 3.90. The summed E-state index contributed by atoms with van der Waals surface area (Å²) in [4.78, 5) is 4.31. The summed E-state index contributed by atoms with van der Waals surface area (Å²) in [6, 6.07) is 4.11. The van der Waals surface area contributed by atoms with Crippen molar-refractivity contribution in [2.24, 2.45) is 0 Å². The Hall–Kier alpha value is -0.560. The fourth-order valence-electron chi connectivity index (χ4n) is 0.984. The molecule has 2 unspecified atom stereocenters. The molecule has 0 saturated heterocycles. The van der Waals surface area contributed by atoms with Crippen LogP contribution in [0.5, 0.6) is 0 Å². The van der Waals surface area contributed by atoms with Crippen molar-refractivity contribution in [1.29, 1.82) is 0 Å². The summed E-state index contributed by atoms with van der Waals surface area (Å²) in [6.45, 7) is 6.12. The van der Waals surface area contributed by atoms with Gasteiger partial charge in [-0.1, -0.05) is 13.0 Å². The smallest absolute Gasteiger partial charge is 0.0446 e. The van der Waals surface area contributed by atoms with Crippen LogP contribution in [0, 0.1) is 6.92 Å². The summed E-state index contributed by atoms with van der Waals surface area (Å²) >= 11 is 5.96. The Kier molecular flexibility index (Phi) is 3.10. The van der Waals surface area contributed by atoms with Gasteiger partial charge in [0.15, 0.2) is 0 Å². The Labute approximate surface area is 78.8 Å². The van der Waals surface area contributed by atoms with E-state index in [-0.39, 0.29) is 5.38 Å². The van der Waals surface area contributed by atoms with E-state index < -0.39 is 0 Å². The first-order chi connectivity index (χ1) is 5.61. The number of rotatable bonds is 2. The molecule has 0 N–H and O–H groups in total. The van der Waals surface area contributed by atoms with E-state index in [4.69, 9.17) is 11.6 Å². The lowest BCUT2D eigenvalue weighted by molar-refractivity contribution is 0.715. The van der Waals surface area contributed by atoms with Crippen molar-refractivity contribution in [2.75, 3.05) is 0 Å². The Morgan fingerprint density at radius 2 is 2.00 bits per heavy atom.